The van der Waals surface area contributed by atoms with Crippen LogP contribution < -0.4 is 16.2 Å². The highest BCUT2D eigenvalue weighted by molar-refractivity contribution is 7.80. The first kappa shape index (κ1) is 12.7. The van der Waals surface area contributed by atoms with Gasteiger partial charge in [-0.2, -0.15) is 0 Å². The average Bonchev–Trinajstić information content (AvgIpc) is 2.28. The number of halogens is 1. The van der Waals surface area contributed by atoms with E-state index < -0.39 is 0 Å². The van der Waals surface area contributed by atoms with Gasteiger partial charge in [0.25, 0.3) is 0 Å². The summed E-state index contributed by atoms with van der Waals surface area (Å²) < 4.78 is 0. The van der Waals surface area contributed by atoms with Crippen LogP contribution in [0.1, 0.15) is 6.92 Å². The third-order valence-corrected chi connectivity index (χ3v) is 2.04. The van der Waals surface area contributed by atoms with Crippen LogP contribution in [0.15, 0.2) is 25.0 Å². The topological polar surface area (TPSA) is 61.9 Å². The lowest BCUT2D eigenvalue weighted by Gasteiger charge is -2.13. The molecule has 0 aromatic carbocycles. The summed E-state index contributed by atoms with van der Waals surface area (Å²) in [4.78, 5) is 7.85. The van der Waals surface area contributed by atoms with Crippen LogP contribution in [-0.4, -0.2) is 21.1 Å². The van der Waals surface area contributed by atoms with Crippen molar-refractivity contribution in [2.45, 2.75) is 13.0 Å². The summed E-state index contributed by atoms with van der Waals surface area (Å²) in [6.45, 7) is 5.56. The van der Waals surface area contributed by atoms with Crippen molar-refractivity contribution in [3.63, 3.8) is 0 Å². The number of thiocarbonyl (C=S) groups is 1. The summed E-state index contributed by atoms with van der Waals surface area (Å²) in [6, 6.07) is 0.0907. The summed E-state index contributed by atoms with van der Waals surface area (Å²) in [5.41, 5.74) is 5.47. The molecule has 1 atom stereocenters. The van der Waals surface area contributed by atoms with E-state index in [9.17, 15) is 0 Å². The number of hydrogen-bond acceptors (Lipinski definition) is 4. The van der Waals surface area contributed by atoms with Crippen molar-refractivity contribution in [1.82, 2.24) is 20.7 Å². The van der Waals surface area contributed by atoms with Gasteiger partial charge in [0.05, 0.1) is 17.4 Å². The number of nitrogens with one attached hydrogen (secondary N) is 3. The molecule has 0 aliphatic rings. The van der Waals surface area contributed by atoms with Crippen molar-refractivity contribution in [2.24, 2.45) is 0 Å². The molecule has 0 amide bonds. The molecule has 0 aliphatic carbocycles. The van der Waals surface area contributed by atoms with Crippen molar-refractivity contribution in [2.75, 3.05) is 5.43 Å². The molecular weight excluding hydrogens is 246 g/mol. The Hall–Kier alpha value is -1.40. The highest BCUT2D eigenvalue weighted by Crippen LogP contribution is 2.04. The molecule has 0 saturated carbocycles. The Kier molecular flexibility index (Phi) is 4.94. The first-order valence-corrected chi connectivity index (χ1v) is 5.33. The summed E-state index contributed by atoms with van der Waals surface area (Å²) >= 11 is 10.6. The van der Waals surface area contributed by atoms with Gasteiger partial charge in [-0.05, 0) is 19.1 Å². The molecular formula is C9H12ClN5S. The second kappa shape index (κ2) is 6.24. The van der Waals surface area contributed by atoms with Crippen LogP contribution in [0.2, 0.25) is 5.02 Å². The second-order valence-electron chi connectivity index (χ2n) is 2.97. The van der Waals surface area contributed by atoms with Crippen LogP contribution in [0.3, 0.4) is 0 Å². The van der Waals surface area contributed by atoms with Gasteiger partial charge < -0.3 is 5.32 Å². The Balaban J connectivity index is 2.37. The Bertz CT molecular complexity index is 367. The van der Waals surface area contributed by atoms with E-state index >= 15 is 0 Å². The Morgan fingerprint density at radius 3 is 2.75 bits per heavy atom. The molecule has 5 nitrogen and oxygen atoms in total. The van der Waals surface area contributed by atoms with Crippen LogP contribution in [-0.2, 0) is 0 Å². The SMILES string of the molecule is C=CC(C)NC(=S)NNc1ncc(Cl)cn1. The number of hydrazine groups is 1. The molecule has 0 saturated heterocycles. The van der Waals surface area contributed by atoms with Crippen molar-refractivity contribution >= 4 is 34.9 Å². The van der Waals surface area contributed by atoms with E-state index in [2.05, 4.69) is 32.7 Å². The second-order valence-corrected chi connectivity index (χ2v) is 3.82. The van der Waals surface area contributed by atoms with E-state index in [0.29, 0.717) is 16.1 Å². The maximum atomic E-state index is 5.64. The van der Waals surface area contributed by atoms with Crippen molar-refractivity contribution in [3.05, 3.63) is 30.1 Å². The zero-order valence-electron chi connectivity index (χ0n) is 8.70. The third kappa shape index (κ3) is 4.41. The van der Waals surface area contributed by atoms with Crippen LogP contribution in [0.5, 0.6) is 0 Å². The van der Waals surface area contributed by atoms with E-state index in [1.54, 1.807) is 6.08 Å². The average molecular weight is 258 g/mol. The lowest BCUT2D eigenvalue weighted by molar-refractivity contribution is 0.791. The number of aromatic nitrogens is 2. The van der Waals surface area contributed by atoms with Crippen LogP contribution in [0, 0.1) is 0 Å². The summed E-state index contributed by atoms with van der Waals surface area (Å²) in [7, 11) is 0. The maximum absolute atomic E-state index is 5.64. The van der Waals surface area contributed by atoms with Gasteiger partial charge in [0.15, 0.2) is 5.11 Å². The minimum atomic E-state index is 0.0907. The van der Waals surface area contributed by atoms with E-state index in [1.807, 2.05) is 6.92 Å². The maximum Gasteiger partial charge on any atom is 0.241 e. The minimum Gasteiger partial charge on any atom is -0.355 e. The molecule has 1 rings (SSSR count). The number of hydrogen-bond donors (Lipinski definition) is 3. The first-order chi connectivity index (χ1) is 7.61. The van der Waals surface area contributed by atoms with Gasteiger partial charge in [0.2, 0.25) is 5.95 Å². The monoisotopic (exact) mass is 257 g/mol. The van der Waals surface area contributed by atoms with E-state index in [0.717, 1.165) is 0 Å². The molecule has 0 fully saturated rings. The zero-order valence-corrected chi connectivity index (χ0v) is 10.3. The summed E-state index contributed by atoms with van der Waals surface area (Å²) in [5, 5.41) is 3.88. The molecule has 1 heterocycles. The van der Waals surface area contributed by atoms with Gasteiger partial charge in [-0.15, -0.1) is 6.58 Å². The van der Waals surface area contributed by atoms with Gasteiger partial charge >= 0.3 is 0 Å². The van der Waals surface area contributed by atoms with Crippen molar-refractivity contribution in [1.29, 1.82) is 0 Å². The first-order valence-electron chi connectivity index (χ1n) is 4.54. The Labute approximate surface area is 104 Å². The molecule has 1 unspecified atom stereocenters. The molecule has 16 heavy (non-hydrogen) atoms. The highest BCUT2D eigenvalue weighted by atomic mass is 35.5. The van der Waals surface area contributed by atoms with Crippen LogP contribution in [0.25, 0.3) is 0 Å². The fraction of sp³-hybridized carbons (Fsp3) is 0.222. The van der Waals surface area contributed by atoms with Crippen molar-refractivity contribution in [3.8, 4) is 0 Å². The van der Waals surface area contributed by atoms with Gasteiger partial charge in [-0.3, -0.25) is 10.9 Å². The Morgan fingerprint density at radius 1 is 1.56 bits per heavy atom. The van der Waals surface area contributed by atoms with Gasteiger partial charge in [-0.25, -0.2) is 9.97 Å². The summed E-state index contributed by atoms with van der Waals surface area (Å²) in [5.74, 6) is 0.389. The van der Waals surface area contributed by atoms with Gasteiger partial charge in [0.1, 0.15) is 0 Å². The molecule has 0 radical (unpaired) electrons. The minimum absolute atomic E-state index is 0.0907. The molecule has 1 aromatic heterocycles. The van der Waals surface area contributed by atoms with Crippen LogP contribution in [0.4, 0.5) is 5.95 Å². The van der Waals surface area contributed by atoms with Crippen molar-refractivity contribution < 1.29 is 0 Å². The van der Waals surface area contributed by atoms with Gasteiger partial charge in [0, 0.05) is 6.04 Å². The highest BCUT2D eigenvalue weighted by Gasteiger charge is 2.00. The van der Waals surface area contributed by atoms with E-state index in [1.165, 1.54) is 12.4 Å². The molecule has 0 aliphatic heterocycles. The fourth-order valence-corrected chi connectivity index (χ4v) is 1.13. The normalized spacial score (nSPS) is 11.4. The number of rotatable bonds is 4. The molecule has 0 spiro atoms. The Morgan fingerprint density at radius 2 is 2.19 bits per heavy atom. The molecule has 1 aromatic rings. The lowest BCUT2D eigenvalue weighted by Crippen LogP contribution is -2.42. The third-order valence-electron chi connectivity index (χ3n) is 1.62. The number of nitrogens with zero attached hydrogens (tertiary/aromatic N) is 2. The molecule has 86 valence electrons. The predicted octanol–water partition coefficient (Wildman–Crippen LogP) is 1.50. The standard InChI is InChI=1S/C9H12ClN5S/c1-3-6(2)13-9(16)15-14-8-11-4-7(10)5-12-8/h3-6H,1H2,2H3,(H,11,12,14)(H2,13,15,16). The van der Waals surface area contributed by atoms with Gasteiger partial charge in [-0.1, -0.05) is 17.7 Å². The molecule has 7 heteroatoms. The zero-order chi connectivity index (χ0) is 12.0. The smallest absolute Gasteiger partial charge is 0.241 e. The molecule has 0 bridgehead atoms. The van der Waals surface area contributed by atoms with E-state index in [4.69, 9.17) is 23.8 Å². The summed E-state index contributed by atoms with van der Waals surface area (Å²) in [6.07, 6.45) is 4.72. The fourth-order valence-electron chi connectivity index (χ4n) is 0.791. The van der Waals surface area contributed by atoms with Crippen LogP contribution >= 0.6 is 23.8 Å². The van der Waals surface area contributed by atoms with E-state index in [-0.39, 0.29) is 6.04 Å². The number of anilines is 1. The largest absolute Gasteiger partial charge is 0.355 e. The quantitative estimate of drug-likeness (QED) is 0.432. The molecule has 3 N–H and O–H groups in total. The lowest BCUT2D eigenvalue weighted by atomic mass is 10.3. The predicted molar refractivity (Wildman–Crippen MR) is 69.2 cm³/mol.